The fraction of sp³-hybridized carbons (Fsp3) is 0.727. The Balaban J connectivity index is 2.15. The molecule has 102 valence electrons. The number of nitrogens with zero attached hydrogens (tertiary/aromatic N) is 2. The molecule has 0 saturated heterocycles. The van der Waals surface area contributed by atoms with Gasteiger partial charge in [-0.15, -0.1) is 11.6 Å². The Labute approximate surface area is 113 Å². The van der Waals surface area contributed by atoms with Gasteiger partial charge in [0.1, 0.15) is 0 Å². The number of hydrogen-bond donors (Lipinski definition) is 1. The molecule has 1 fully saturated rings. The molecule has 2 rings (SSSR count). The van der Waals surface area contributed by atoms with E-state index in [0.717, 1.165) is 25.7 Å². The smallest absolute Gasteiger partial charge is 0.256 e. The monoisotopic (exact) mass is 291 g/mol. The lowest BCUT2D eigenvalue weighted by Gasteiger charge is -2.30. The molecule has 1 aromatic rings. The van der Waals surface area contributed by atoms with Gasteiger partial charge in [-0.25, -0.2) is 13.1 Å². The highest BCUT2D eigenvalue weighted by atomic mass is 35.5. The highest BCUT2D eigenvalue weighted by Crippen LogP contribution is 2.26. The van der Waals surface area contributed by atoms with Gasteiger partial charge in [-0.05, 0) is 24.8 Å². The molecule has 0 spiro atoms. The van der Waals surface area contributed by atoms with Gasteiger partial charge in [-0.3, -0.25) is 4.68 Å². The van der Waals surface area contributed by atoms with E-state index in [0.29, 0.717) is 5.88 Å². The maximum atomic E-state index is 12.2. The molecule has 1 saturated carbocycles. The molecule has 1 N–H and O–H groups in total. The molecule has 1 aromatic heterocycles. The zero-order valence-electron chi connectivity index (χ0n) is 10.3. The van der Waals surface area contributed by atoms with Gasteiger partial charge < -0.3 is 0 Å². The largest absolute Gasteiger partial charge is 0.257 e. The lowest BCUT2D eigenvalue weighted by atomic mass is 9.86. The number of aryl methyl sites for hydroxylation is 1. The van der Waals surface area contributed by atoms with Crippen LogP contribution in [0.3, 0.4) is 0 Å². The van der Waals surface area contributed by atoms with Crippen molar-refractivity contribution in [2.75, 3.05) is 5.88 Å². The van der Waals surface area contributed by atoms with Crippen LogP contribution in [0.1, 0.15) is 25.7 Å². The number of sulfonamides is 1. The van der Waals surface area contributed by atoms with Crippen LogP contribution in [0.5, 0.6) is 0 Å². The Hall–Kier alpha value is -0.590. The minimum Gasteiger partial charge on any atom is -0.256 e. The summed E-state index contributed by atoms with van der Waals surface area (Å²) in [6.45, 7) is 0. The Morgan fingerprint density at radius 3 is 2.83 bits per heavy atom. The first-order chi connectivity index (χ1) is 8.54. The standard InChI is InChI=1S/C11H18ClN3O2S/c1-15-11(6-7-13-15)18(16,17)14-10-5-3-2-4-9(10)8-12/h6-7,9-10,14H,2-5,8H2,1H3. The Kier molecular flexibility index (Phi) is 4.29. The maximum absolute atomic E-state index is 12.2. The zero-order valence-corrected chi connectivity index (χ0v) is 11.9. The molecule has 0 radical (unpaired) electrons. The predicted octanol–water partition coefficient (Wildman–Crippen LogP) is 1.50. The van der Waals surface area contributed by atoms with Crippen molar-refractivity contribution in [1.82, 2.24) is 14.5 Å². The second kappa shape index (κ2) is 5.59. The van der Waals surface area contributed by atoms with Crippen molar-refractivity contribution in [2.45, 2.75) is 36.8 Å². The van der Waals surface area contributed by atoms with E-state index in [1.165, 1.54) is 16.9 Å². The van der Waals surface area contributed by atoms with Crippen LogP contribution in [0.15, 0.2) is 17.3 Å². The van der Waals surface area contributed by atoms with Gasteiger partial charge in [0.05, 0.1) is 6.20 Å². The molecule has 1 aliphatic rings. The molecule has 18 heavy (non-hydrogen) atoms. The van der Waals surface area contributed by atoms with E-state index in [1.807, 2.05) is 0 Å². The van der Waals surface area contributed by atoms with E-state index < -0.39 is 10.0 Å². The van der Waals surface area contributed by atoms with Gasteiger partial charge in [0, 0.05) is 19.0 Å². The maximum Gasteiger partial charge on any atom is 0.257 e. The normalized spacial score (nSPS) is 25.2. The van der Waals surface area contributed by atoms with Crippen LogP contribution in [-0.2, 0) is 17.1 Å². The molecule has 0 amide bonds. The van der Waals surface area contributed by atoms with Crippen LogP contribution >= 0.6 is 11.6 Å². The number of alkyl halides is 1. The molecule has 5 nitrogen and oxygen atoms in total. The fourth-order valence-corrected chi connectivity index (χ4v) is 4.27. The summed E-state index contributed by atoms with van der Waals surface area (Å²) in [5.41, 5.74) is 0. The summed E-state index contributed by atoms with van der Waals surface area (Å²) < 4.78 is 28.6. The second-order valence-electron chi connectivity index (χ2n) is 4.72. The number of halogens is 1. The van der Waals surface area contributed by atoms with Crippen LogP contribution in [0, 0.1) is 5.92 Å². The molecule has 1 aliphatic carbocycles. The summed E-state index contributed by atoms with van der Waals surface area (Å²) >= 11 is 5.91. The van der Waals surface area contributed by atoms with Gasteiger partial charge in [-0.2, -0.15) is 5.10 Å². The van der Waals surface area contributed by atoms with Crippen molar-refractivity contribution in [2.24, 2.45) is 13.0 Å². The third kappa shape index (κ3) is 2.87. The van der Waals surface area contributed by atoms with Crippen LogP contribution in [0.25, 0.3) is 0 Å². The van der Waals surface area contributed by atoms with E-state index in [4.69, 9.17) is 11.6 Å². The van der Waals surface area contributed by atoms with Gasteiger partial charge in [0.25, 0.3) is 10.0 Å². The summed E-state index contributed by atoms with van der Waals surface area (Å²) in [7, 11) is -1.88. The number of hydrogen-bond acceptors (Lipinski definition) is 3. The fourth-order valence-electron chi connectivity index (χ4n) is 2.43. The molecule has 2 unspecified atom stereocenters. The first kappa shape index (κ1) is 13.8. The molecular formula is C11H18ClN3O2S. The lowest BCUT2D eigenvalue weighted by Crippen LogP contribution is -2.43. The van der Waals surface area contributed by atoms with Crippen LogP contribution in [0.2, 0.25) is 0 Å². The van der Waals surface area contributed by atoms with Crippen LogP contribution < -0.4 is 4.72 Å². The van der Waals surface area contributed by atoms with Gasteiger partial charge in [0.2, 0.25) is 0 Å². The SMILES string of the molecule is Cn1nccc1S(=O)(=O)NC1CCCCC1CCl. The number of nitrogens with one attached hydrogen (secondary N) is 1. The highest BCUT2D eigenvalue weighted by molar-refractivity contribution is 7.89. The summed E-state index contributed by atoms with van der Waals surface area (Å²) in [5, 5.41) is 4.08. The first-order valence-corrected chi connectivity index (χ1v) is 8.12. The Bertz CT molecular complexity index is 500. The molecule has 7 heteroatoms. The number of rotatable bonds is 4. The van der Waals surface area contributed by atoms with Gasteiger partial charge in [-0.1, -0.05) is 12.8 Å². The summed E-state index contributed by atoms with van der Waals surface area (Å²) in [6, 6.07) is 1.44. The van der Waals surface area contributed by atoms with Crippen molar-refractivity contribution >= 4 is 21.6 Å². The molecule has 0 aliphatic heterocycles. The van der Waals surface area contributed by atoms with Crippen LogP contribution in [-0.4, -0.2) is 30.1 Å². The molecule has 0 bridgehead atoms. The molecular weight excluding hydrogens is 274 g/mol. The quantitative estimate of drug-likeness (QED) is 0.855. The number of aromatic nitrogens is 2. The molecule has 2 atom stereocenters. The molecule has 1 heterocycles. The lowest BCUT2D eigenvalue weighted by molar-refractivity contribution is 0.313. The van der Waals surface area contributed by atoms with E-state index in [1.54, 1.807) is 7.05 Å². The van der Waals surface area contributed by atoms with Crippen molar-refractivity contribution < 1.29 is 8.42 Å². The van der Waals surface area contributed by atoms with E-state index in [2.05, 4.69) is 9.82 Å². The van der Waals surface area contributed by atoms with E-state index in [-0.39, 0.29) is 17.0 Å². The highest BCUT2D eigenvalue weighted by Gasteiger charge is 2.29. The van der Waals surface area contributed by atoms with Gasteiger partial charge >= 0.3 is 0 Å². The second-order valence-corrected chi connectivity index (χ2v) is 6.69. The third-order valence-corrected chi connectivity index (χ3v) is 5.43. The molecule has 0 aromatic carbocycles. The van der Waals surface area contributed by atoms with Gasteiger partial charge in [0.15, 0.2) is 5.03 Å². The average molecular weight is 292 g/mol. The summed E-state index contributed by atoms with van der Waals surface area (Å²) in [6.07, 6.45) is 5.50. The van der Waals surface area contributed by atoms with Crippen molar-refractivity contribution in [3.8, 4) is 0 Å². The Morgan fingerprint density at radius 2 is 2.22 bits per heavy atom. The predicted molar refractivity (Wildman–Crippen MR) is 70.0 cm³/mol. The summed E-state index contributed by atoms with van der Waals surface area (Å²) in [4.78, 5) is 0. The van der Waals surface area contributed by atoms with Crippen molar-refractivity contribution in [1.29, 1.82) is 0 Å². The zero-order chi connectivity index (χ0) is 13.2. The topological polar surface area (TPSA) is 64.0 Å². The minimum absolute atomic E-state index is 0.0591. The van der Waals surface area contributed by atoms with Crippen LogP contribution in [0.4, 0.5) is 0 Å². The summed E-state index contributed by atoms with van der Waals surface area (Å²) in [5.74, 6) is 0.724. The first-order valence-electron chi connectivity index (χ1n) is 6.11. The Morgan fingerprint density at radius 1 is 1.50 bits per heavy atom. The third-order valence-electron chi connectivity index (χ3n) is 3.47. The van der Waals surface area contributed by atoms with E-state index >= 15 is 0 Å². The van der Waals surface area contributed by atoms with Crippen molar-refractivity contribution in [3.05, 3.63) is 12.3 Å². The van der Waals surface area contributed by atoms with E-state index in [9.17, 15) is 8.42 Å². The van der Waals surface area contributed by atoms with Crippen molar-refractivity contribution in [3.63, 3.8) is 0 Å². The average Bonchev–Trinajstić information content (AvgIpc) is 2.76. The minimum atomic E-state index is -3.50.